The van der Waals surface area contributed by atoms with Crippen molar-refractivity contribution in [1.29, 1.82) is 0 Å². The lowest BCUT2D eigenvalue weighted by atomic mass is 9.72. The molecule has 2 N–H and O–H groups in total. The number of allylic oxidation sites excluding steroid dienone is 3. The van der Waals surface area contributed by atoms with Crippen molar-refractivity contribution in [3.05, 3.63) is 88.2 Å². The number of carbonyl (C=O) groups is 1. The Kier molecular flexibility index (Phi) is 6.87. The van der Waals surface area contributed by atoms with Gasteiger partial charge < -0.3 is 9.84 Å². The number of nitrogens with zero attached hydrogens (tertiary/aromatic N) is 1. The minimum Gasteiger partial charge on any atom is -0.430 e. The Hall–Kier alpha value is -3.50. The summed E-state index contributed by atoms with van der Waals surface area (Å²) in [5.41, 5.74) is 0.854. The third-order valence-electron chi connectivity index (χ3n) is 7.32. The van der Waals surface area contributed by atoms with E-state index in [1.807, 2.05) is 18.2 Å². The summed E-state index contributed by atoms with van der Waals surface area (Å²) in [6.07, 6.45) is 9.07. The molecule has 0 aromatic heterocycles. The van der Waals surface area contributed by atoms with Gasteiger partial charge >= 0.3 is 5.97 Å². The normalized spacial score (nSPS) is 24.6. The van der Waals surface area contributed by atoms with Crippen LogP contribution in [-0.4, -0.2) is 30.5 Å². The number of benzene rings is 2. The van der Waals surface area contributed by atoms with Crippen LogP contribution in [0.5, 0.6) is 0 Å². The first-order valence-corrected chi connectivity index (χ1v) is 13.9. The van der Waals surface area contributed by atoms with Gasteiger partial charge in [0, 0.05) is 29.7 Å². The highest BCUT2D eigenvalue weighted by Gasteiger charge is 2.50. The van der Waals surface area contributed by atoms with Crippen LogP contribution in [0.1, 0.15) is 43.6 Å². The molecular formula is C27H28N2O7S. The van der Waals surface area contributed by atoms with E-state index in [1.54, 1.807) is 24.3 Å². The number of hydrogen-bond acceptors (Lipinski definition) is 7. The van der Waals surface area contributed by atoms with E-state index in [2.05, 4.69) is 4.72 Å². The summed E-state index contributed by atoms with van der Waals surface area (Å²) < 4.78 is 34.1. The zero-order chi connectivity index (χ0) is 26.2. The number of esters is 1. The molecule has 1 saturated carbocycles. The summed E-state index contributed by atoms with van der Waals surface area (Å²) in [7, 11) is -4.00. The standard InChI is InChI=1S/C27H28N2O7S/c30-26-22-8-3-1-2-4-9-23(22)36-27(31)25(26)24(17-10-11-17)18-6-5-7-19(16-18)28-37(34,35)21-14-12-20(13-15-21)29(32)33/h2,4-7,9,12-17,22,24-26,28,30H,1,3,8,10-11H2. The summed E-state index contributed by atoms with van der Waals surface area (Å²) in [4.78, 5) is 23.4. The first-order valence-electron chi connectivity index (χ1n) is 12.4. The fourth-order valence-electron chi connectivity index (χ4n) is 5.36. The Bertz CT molecular complexity index is 1360. The SMILES string of the molecule is O=C1OC2=CC=CCCCC2C(O)C1C(c1cccc(NS(=O)(=O)c2ccc([N+](=O)[O-])cc2)c1)C1CC1. The first-order chi connectivity index (χ1) is 17.7. The van der Waals surface area contributed by atoms with Crippen LogP contribution >= 0.6 is 0 Å². The van der Waals surface area contributed by atoms with E-state index in [4.69, 9.17) is 4.74 Å². The number of nitro groups is 1. The van der Waals surface area contributed by atoms with Crippen molar-refractivity contribution in [3.63, 3.8) is 0 Å². The van der Waals surface area contributed by atoms with Crippen LogP contribution < -0.4 is 4.72 Å². The van der Waals surface area contributed by atoms with Gasteiger partial charge in [-0.2, -0.15) is 0 Å². The minimum absolute atomic E-state index is 0.105. The smallest absolute Gasteiger partial charge is 0.317 e. The summed E-state index contributed by atoms with van der Waals surface area (Å²) >= 11 is 0. The molecule has 1 heterocycles. The molecule has 4 unspecified atom stereocenters. The quantitative estimate of drug-likeness (QED) is 0.305. The van der Waals surface area contributed by atoms with Gasteiger partial charge in [0.2, 0.25) is 0 Å². The maximum Gasteiger partial charge on any atom is 0.317 e. The third-order valence-corrected chi connectivity index (χ3v) is 8.71. The second-order valence-electron chi connectivity index (χ2n) is 9.82. The lowest BCUT2D eigenvalue weighted by molar-refractivity contribution is -0.384. The highest BCUT2D eigenvalue weighted by molar-refractivity contribution is 7.92. The van der Waals surface area contributed by atoms with E-state index in [9.17, 15) is 28.4 Å². The largest absolute Gasteiger partial charge is 0.430 e. The van der Waals surface area contributed by atoms with Gasteiger partial charge in [-0.1, -0.05) is 24.3 Å². The third kappa shape index (κ3) is 5.30. The van der Waals surface area contributed by atoms with Crippen molar-refractivity contribution in [1.82, 2.24) is 0 Å². The van der Waals surface area contributed by atoms with Gasteiger partial charge in [-0.25, -0.2) is 8.42 Å². The summed E-state index contributed by atoms with van der Waals surface area (Å²) in [6, 6.07) is 11.5. The lowest BCUT2D eigenvalue weighted by Crippen LogP contribution is -2.45. The number of ether oxygens (including phenoxy) is 1. The number of nitrogens with one attached hydrogen (secondary N) is 1. The zero-order valence-electron chi connectivity index (χ0n) is 20.0. The van der Waals surface area contributed by atoms with Crippen molar-refractivity contribution in [2.24, 2.45) is 17.8 Å². The Morgan fingerprint density at radius 1 is 1.11 bits per heavy atom. The highest BCUT2D eigenvalue weighted by Crippen LogP contribution is 2.51. The number of carbonyl (C=O) groups excluding carboxylic acids is 1. The second kappa shape index (κ2) is 10.1. The molecule has 0 spiro atoms. The Labute approximate surface area is 215 Å². The lowest BCUT2D eigenvalue weighted by Gasteiger charge is -2.39. The fourth-order valence-corrected chi connectivity index (χ4v) is 6.41. The van der Waals surface area contributed by atoms with Gasteiger partial charge in [-0.05, 0) is 73.9 Å². The molecule has 2 aromatic rings. The van der Waals surface area contributed by atoms with Crippen LogP contribution in [0.3, 0.4) is 0 Å². The fraction of sp³-hybridized carbons (Fsp3) is 0.370. The van der Waals surface area contributed by atoms with Crippen LogP contribution in [0.15, 0.2) is 77.4 Å². The van der Waals surface area contributed by atoms with E-state index in [1.165, 1.54) is 12.1 Å². The predicted octanol–water partition coefficient (Wildman–Crippen LogP) is 4.66. The molecule has 5 rings (SSSR count). The highest BCUT2D eigenvalue weighted by atomic mass is 32.2. The molecule has 4 atom stereocenters. The number of aliphatic hydroxyl groups excluding tert-OH is 1. The van der Waals surface area contributed by atoms with Gasteiger partial charge in [-0.3, -0.25) is 19.6 Å². The molecule has 10 heteroatoms. The van der Waals surface area contributed by atoms with Crippen LogP contribution in [0.2, 0.25) is 0 Å². The molecule has 2 fully saturated rings. The van der Waals surface area contributed by atoms with Gasteiger partial charge in [-0.15, -0.1) is 0 Å². The van der Waals surface area contributed by atoms with E-state index in [0.29, 0.717) is 17.9 Å². The molecule has 9 nitrogen and oxygen atoms in total. The Morgan fingerprint density at radius 2 is 1.86 bits per heavy atom. The molecule has 37 heavy (non-hydrogen) atoms. The molecule has 1 saturated heterocycles. The van der Waals surface area contributed by atoms with Crippen molar-refractivity contribution in [2.45, 2.75) is 49.0 Å². The van der Waals surface area contributed by atoms with Crippen LogP contribution in [-0.2, 0) is 19.6 Å². The Balaban J connectivity index is 1.42. The van der Waals surface area contributed by atoms with E-state index < -0.39 is 32.9 Å². The molecule has 0 amide bonds. The minimum atomic E-state index is -4.00. The number of rotatable bonds is 7. The summed E-state index contributed by atoms with van der Waals surface area (Å²) in [5.74, 6) is -1.10. The van der Waals surface area contributed by atoms with Crippen LogP contribution in [0.25, 0.3) is 0 Å². The number of fused-ring (bicyclic) bond motifs is 1. The monoisotopic (exact) mass is 524 g/mol. The Morgan fingerprint density at radius 3 is 2.57 bits per heavy atom. The molecular weight excluding hydrogens is 496 g/mol. The maximum atomic E-state index is 13.2. The number of non-ortho nitro benzene ring substituents is 1. The molecule has 2 aliphatic carbocycles. The molecule has 3 aliphatic rings. The second-order valence-corrected chi connectivity index (χ2v) is 11.5. The molecule has 0 radical (unpaired) electrons. The number of hydrogen-bond donors (Lipinski definition) is 2. The maximum absolute atomic E-state index is 13.2. The molecule has 2 aromatic carbocycles. The van der Waals surface area contributed by atoms with E-state index in [0.717, 1.165) is 43.4 Å². The van der Waals surface area contributed by atoms with Crippen molar-refractivity contribution < 1.29 is 28.0 Å². The van der Waals surface area contributed by atoms with Crippen molar-refractivity contribution in [2.75, 3.05) is 4.72 Å². The number of anilines is 1. The van der Waals surface area contributed by atoms with Gasteiger partial charge in [0.15, 0.2) is 0 Å². The zero-order valence-corrected chi connectivity index (χ0v) is 20.8. The van der Waals surface area contributed by atoms with Gasteiger partial charge in [0.25, 0.3) is 15.7 Å². The van der Waals surface area contributed by atoms with E-state index in [-0.39, 0.29) is 28.3 Å². The molecule has 1 aliphatic heterocycles. The van der Waals surface area contributed by atoms with Crippen LogP contribution in [0.4, 0.5) is 11.4 Å². The first kappa shape index (κ1) is 25.2. The van der Waals surface area contributed by atoms with Crippen LogP contribution in [0, 0.1) is 27.9 Å². The predicted molar refractivity (Wildman–Crippen MR) is 136 cm³/mol. The number of sulfonamides is 1. The molecule has 0 bridgehead atoms. The van der Waals surface area contributed by atoms with E-state index >= 15 is 0 Å². The van der Waals surface area contributed by atoms with Gasteiger partial charge in [0.05, 0.1) is 21.8 Å². The topological polar surface area (TPSA) is 136 Å². The summed E-state index contributed by atoms with van der Waals surface area (Å²) in [6.45, 7) is 0. The van der Waals surface area contributed by atoms with Crippen molar-refractivity contribution >= 4 is 27.4 Å². The average Bonchev–Trinajstić information content (AvgIpc) is 3.68. The number of nitro benzene ring substituents is 1. The average molecular weight is 525 g/mol. The van der Waals surface area contributed by atoms with Crippen molar-refractivity contribution in [3.8, 4) is 0 Å². The summed E-state index contributed by atoms with van der Waals surface area (Å²) in [5, 5.41) is 22.3. The van der Waals surface area contributed by atoms with Gasteiger partial charge in [0.1, 0.15) is 5.76 Å². The molecule has 194 valence electrons. The number of aliphatic hydroxyl groups is 1.